The largest absolute Gasteiger partial charge is 0.480 e. The predicted molar refractivity (Wildman–Crippen MR) is 80.5 cm³/mol. The summed E-state index contributed by atoms with van der Waals surface area (Å²) in [5.41, 5.74) is -0.771. The standard InChI is InChI=1S/C16H29NO4/c1-2-3-9-20-10-11-21-14-5-4-8-16(12-14,15(18)19)17-13-6-7-13/h13-14,17H,2-12H2,1H3,(H,18,19). The molecule has 2 atom stereocenters. The van der Waals surface area contributed by atoms with E-state index in [0.717, 1.165) is 45.1 Å². The van der Waals surface area contributed by atoms with Crippen LogP contribution in [-0.4, -0.2) is 48.6 Å². The molecule has 2 aliphatic carbocycles. The van der Waals surface area contributed by atoms with Crippen LogP contribution >= 0.6 is 0 Å². The zero-order valence-electron chi connectivity index (χ0n) is 13.1. The highest BCUT2D eigenvalue weighted by Gasteiger charge is 2.46. The summed E-state index contributed by atoms with van der Waals surface area (Å²) in [5.74, 6) is -0.720. The monoisotopic (exact) mass is 299 g/mol. The number of carboxylic acid groups (broad SMARTS) is 1. The molecular formula is C16H29NO4. The van der Waals surface area contributed by atoms with Crippen LogP contribution in [-0.2, 0) is 14.3 Å². The molecule has 0 bridgehead atoms. The minimum absolute atomic E-state index is 0.0378. The Morgan fingerprint density at radius 3 is 2.76 bits per heavy atom. The van der Waals surface area contributed by atoms with Gasteiger partial charge in [0.05, 0.1) is 19.3 Å². The van der Waals surface area contributed by atoms with Crippen LogP contribution in [0.25, 0.3) is 0 Å². The van der Waals surface area contributed by atoms with Gasteiger partial charge in [0.1, 0.15) is 5.54 Å². The van der Waals surface area contributed by atoms with Gasteiger partial charge in [-0.3, -0.25) is 10.1 Å². The SMILES string of the molecule is CCCCOCCOC1CCCC(NC2CC2)(C(=O)O)C1. The normalized spacial score (nSPS) is 29.5. The van der Waals surface area contributed by atoms with E-state index in [9.17, 15) is 9.90 Å². The summed E-state index contributed by atoms with van der Waals surface area (Å²) in [4.78, 5) is 11.7. The number of carboxylic acids is 1. The van der Waals surface area contributed by atoms with Gasteiger partial charge >= 0.3 is 5.97 Å². The number of unbranched alkanes of at least 4 members (excludes halogenated alkanes) is 1. The lowest BCUT2D eigenvalue weighted by Crippen LogP contribution is -2.57. The van der Waals surface area contributed by atoms with E-state index in [0.29, 0.717) is 32.1 Å². The highest BCUT2D eigenvalue weighted by atomic mass is 16.5. The van der Waals surface area contributed by atoms with Gasteiger partial charge in [-0.05, 0) is 38.5 Å². The first-order chi connectivity index (χ1) is 10.2. The van der Waals surface area contributed by atoms with Crippen molar-refractivity contribution in [1.82, 2.24) is 5.32 Å². The number of hydrogen-bond donors (Lipinski definition) is 2. The summed E-state index contributed by atoms with van der Waals surface area (Å²) in [5, 5.41) is 13.0. The van der Waals surface area contributed by atoms with Crippen LogP contribution in [0.3, 0.4) is 0 Å². The fourth-order valence-corrected chi connectivity index (χ4v) is 2.99. The number of aliphatic carboxylic acids is 1. The van der Waals surface area contributed by atoms with Gasteiger partial charge in [0, 0.05) is 19.1 Å². The molecule has 0 aromatic carbocycles. The lowest BCUT2D eigenvalue weighted by Gasteiger charge is -2.38. The first-order valence-electron chi connectivity index (χ1n) is 8.37. The zero-order chi connectivity index (χ0) is 15.1. The van der Waals surface area contributed by atoms with Gasteiger partial charge in [0.15, 0.2) is 0 Å². The van der Waals surface area contributed by atoms with Gasteiger partial charge in [0.25, 0.3) is 0 Å². The molecular weight excluding hydrogens is 270 g/mol. The van der Waals surface area contributed by atoms with Gasteiger partial charge < -0.3 is 14.6 Å². The Morgan fingerprint density at radius 1 is 1.29 bits per heavy atom. The van der Waals surface area contributed by atoms with E-state index in [4.69, 9.17) is 9.47 Å². The molecule has 0 amide bonds. The maximum Gasteiger partial charge on any atom is 0.324 e. The van der Waals surface area contributed by atoms with Gasteiger partial charge in [-0.25, -0.2) is 0 Å². The number of carbonyl (C=O) groups is 1. The fraction of sp³-hybridized carbons (Fsp3) is 0.938. The Kier molecular flexibility index (Phi) is 6.45. The van der Waals surface area contributed by atoms with Crippen molar-refractivity contribution in [2.75, 3.05) is 19.8 Å². The highest BCUT2D eigenvalue weighted by Crippen LogP contribution is 2.34. The summed E-state index contributed by atoms with van der Waals surface area (Å²) in [6.07, 6.45) is 7.62. The molecule has 122 valence electrons. The number of rotatable bonds is 10. The molecule has 0 saturated heterocycles. The maximum absolute atomic E-state index is 11.7. The molecule has 0 aromatic heterocycles. The third-order valence-electron chi connectivity index (χ3n) is 4.40. The van der Waals surface area contributed by atoms with E-state index in [1.165, 1.54) is 0 Å². The maximum atomic E-state index is 11.7. The Bertz CT molecular complexity index is 332. The average molecular weight is 299 g/mol. The van der Waals surface area contributed by atoms with Crippen molar-refractivity contribution in [3.63, 3.8) is 0 Å². The highest BCUT2D eigenvalue weighted by molar-refractivity contribution is 5.79. The first kappa shape index (κ1) is 16.7. The molecule has 5 heteroatoms. The topological polar surface area (TPSA) is 67.8 Å². The van der Waals surface area contributed by atoms with E-state index in [2.05, 4.69) is 12.2 Å². The van der Waals surface area contributed by atoms with Crippen molar-refractivity contribution in [1.29, 1.82) is 0 Å². The summed E-state index contributed by atoms with van der Waals surface area (Å²) in [7, 11) is 0. The van der Waals surface area contributed by atoms with E-state index in [1.807, 2.05) is 0 Å². The molecule has 2 saturated carbocycles. The van der Waals surface area contributed by atoms with Crippen LogP contribution in [0, 0.1) is 0 Å². The molecule has 0 aromatic rings. The van der Waals surface area contributed by atoms with Crippen molar-refractivity contribution in [2.45, 2.75) is 76.0 Å². The van der Waals surface area contributed by atoms with Crippen molar-refractivity contribution < 1.29 is 19.4 Å². The molecule has 2 fully saturated rings. The second-order valence-electron chi connectivity index (χ2n) is 6.36. The number of ether oxygens (including phenoxy) is 2. The minimum Gasteiger partial charge on any atom is -0.480 e. The van der Waals surface area contributed by atoms with E-state index in [-0.39, 0.29) is 6.10 Å². The molecule has 2 N–H and O–H groups in total. The summed E-state index contributed by atoms with van der Waals surface area (Å²) < 4.78 is 11.3. The number of nitrogens with one attached hydrogen (secondary N) is 1. The zero-order valence-corrected chi connectivity index (χ0v) is 13.1. The molecule has 2 unspecified atom stereocenters. The summed E-state index contributed by atoms with van der Waals surface area (Å²) in [6, 6.07) is 0.400. The van der Waals surface area contributed by atoms with E-state index in [1.54, 1.807) is 0 Å². The van der Waals surface area contributed by atoms with E-state index < -0.39 is 11.5 Å². The quantitative estimate of drug-likeness (QED) is 0.606. The van der Waals surface area contributed by atoms with Crippen LogP contribution in [0.2, 0.25) is 0 Å². The van der Waals surface area contributed by atoms with Crippen LogP contribution in [0.1, 0.15) is 58.3 Å². The van der Waals surface area contributed by atoms with Crippen LogP contribution in [0.15, 0.2) is 0 Å². The van der Waals surface area contributed by atoms with Crippen molar-refractivity contribution in [2.24, 2.45) is 0 Å². The molecule has 0 heterocycles. The predicted octanol–water partition coefficient (Wildman–Crippen LogP) is 2.34. The average Bonchev–Trinajstić information content (AvgIpc) is 3.27. The first-order valence-corrected chi connectivity index (χ1v) is 8.37. The summed E-state index contributed by atoms with van der Waals surface area (Å²) >= 11 is 0. The molecule has 0 aliphatic heterocycles. The molecule has 2 rings (SSSR count). The van der Waals surface area contributed by atoms with Crippen molar-refractivity contribution in [3.05, 3.63) is 0 Å². The molecule has 0 radical (unpaired) electrons. The van der Waals surface area contributed by atoms with Gasteiger partial charge in [-0.1, -0.05) is 13.3 Å². The van der Waals surface area contributed by atoms with Crippen molar-refractivity contribution >= 4 is 5.97 Å². The Labute approximate surface area is 127 Å². The molecule has 0 spiro atoms. The van der Waals surface area contributed by atoms with Gasteiger partial charge in [-0.2, -0.15) is 0 Å². The Morgan fingerprint density at radius 2 is 2.10 bits per heavy atom. The molecule has 21 heavy (non-hydrogen) atoms. The van der Waals surface area contributed by atoms with Gasteiger partial charge in [0.2, 0.25) is 0 Å². The third kappa shape index (κ3) is 5.24. The number of hydrogen-bond acceptors (Lipinski definition) is 4. The fourth-order valence-electron chi connectivity index (χ4n) is 2.99. The minimum atomic E-state index is -0.771. The van der Waals surface area contributed by atoms with E-state index >= 15 is 0 Å². The second kappa shape index (κ2) is 8.11. The van der Waals surface area contributed by atoms with Crippen molar-refractivity contribution in [3.8, 4) is 0 Å². The molecule has 5 nitrogen and oxygen atoms in total. The second-order valence-corrected chi connectivity index (χ2v) is 6.36. The lowest BCUT2D eigenvalue weighted by molar-refractivity contribution is -0.149. The lowest BCUT2D eigenvalue weighted by atomic mass is 9.80. The smallest absolute Gasteiger partial charge is 0.324 e. The Balaban J connectivity index is 1.72. The van der Waals surface area contributed by atoms with Gasteiger partial charge in [-0.15, -0.1) is 0 Å². The van der Waals surface area contributed by atoms with Crippen LogP contribution in [0.5, 0.6) is 0 Å². The summed E-state index contributed by atoms with van der Waals surface area (Å²) in [6.45, 7) is 4.09. The Hall–Kier alpha value is -0.650. The van der Waals surface area contributed by atoms with Crippen LogP contribution in [0.4, 0.5) is 0 Å². The molecule has 2 aliphatic rings. The third-order valence-corrected chi connectivity index (χ3v) is 4.40. The van der Waals surface area contributed by atoms with Crippen LogP contribution < -0.4 is 5.32 Å².